The number of para-hydroxylation sites is 1. The lowest BCUT2D eigenvalue weighted by molar-refractivity contribution is -0.120. The van der Waals surface area contributed by atoms with Gasteiger partial charge in [-0.2, -0.15) is 5.26 Å². The van der Waals surface area contributed by atoms with Crippen molar-refractivity contribution in [3.8, 4) is 6.07 Å². The number of hydrogen-bond acceptors (Lipinski definition) is 4. The number of nitriles is 1. The molecule has 2 rings (SSSR count). The number of carbonyl (C=O) groups is 1. The van der Waals surface area contributed by atoms with Crippen molar-refractivity contribution in [3.05, 3.63) is 53.5 Å². The minimum atomic E-state index is -0.350. The first-order valence-corrected chi connectivity index (χ1v) is 7.07. The Morgan fingerprint density at radius 3 is 2.73 bits per heavy atom. The van der Waals surface area contributed by atoms with E-state index in [2.05, 4.69) is 11.4 Å². The molecule has 0 aliphatic rings. The Hall–Kier alpha value is -2.58. The Morgan fingerprint density at radius 1 is 1.36 bits per heavy atom. The molecule has 1 aromatic heterocycles. The summed E-state index contributed by atoms with van der Waals surface area (Å²) in [6.07, 6.45) is 0. The van der Waals surface area contributed by atoms with Gasteiger partial charge in [-0.3, -0.25) is 9.69 Å². The van der Waals surface area contributed by atoms with E-state index in [4.69, 9.17) is 9.68 Å². The maximum absolute atomic E-state index is 12.3. The molecule has 0 aliphatic heterocycles. The molecule has 5 heteroatoms. The van der Waals surface area contributed by atoms with Crippen LogP contribution < -0.4 is 5.32 Å². The maximum atomic E-state index is 12.3. The average molecular weight is 297 g/mol. The molecule has 114 valence electrons. The van der Waals surface area contributed by atoms with Crippen molar-refractivity contribution in [2.24, 2.45) is 0 Å². The number of nitrogens with one attached hydrogen (secondary N) is 1. The molecular weight excluding hydrogens is 278 g/mol. The molecule has 0 saturated heterocycles. The van der Waals surface area contributed by atoms with Crippen molar-refractivity contribution < 1.29 is 9.21 Å². The molecule has 0 spiro atoms. The van der Waals surface area contributed by atoms with Crippen LogP contribution in [0, 0.1) is 18.3 Å². The van der Waals surface area contributed by atoms with Gasteiger partial charge in [0.1, 0.15) is 17.6 Å². The molecular formula is C17H19N3O2. The molecule has 0 bridgehead atoms. The Bertz CT molecular complexity index is 700. The smallest absolute Gasteiger partial charge is 0.241 e. The van der Waals surface area contributed by atoms with Crippen LogP contribution in [0.2, 0.25) is 0 Å². The Labute approximate surface area is 130 Å². The van der Waals surface area contributed by atoms with E-state index in [1.54, 1.807) is 24.3 Å². The van der Waals surface area contributed by atoms with Crippen LogP contribution in [0.25, 0.3) is 0 Å². The Morgan fingerprint density at radius 2 is 2.09 bits per heavy atom. The summed E-state index contributed by atoms with van der Waals surface area (Å²) in [5.41, 5.74) is 0.983. The van der Waals surface area contributed by atoms with Gasteiger partial charge in [-0.1, -0.05) is 12.1 Å². The second-order valence-corrected chi connectivity index (χ2v) is 5.25. The van der Waals surface area contributed by atoms with Crippen LogP contribution in [0.15, 0.2) is 40.8 Å². The van der Waals surface area contributed by atoms with E-state index in [-0.39, 0.29) is 11.9 Å². The molecule has 1 atom stereocenters. The molecule has 1 amide bonds. The molecule has 1 aromatic carbocycles. The summed E-state index contributed by atoms with van der Waals surface area (Å²) in [6.45, 7) is 4.25. The zero-order valence-electron chi connectivity index (χ0n) is 13.0. The van der Waals surface area contributed by atoms with Crippen molar-refractivity contribution in [1.29, 1.82) is 5.26 Å². The highest BCUT2D eigenvalue weighted by atomic mass is 16.3. The highest BCUT2D eigenvalue weighted by Gasteiger charge is 2.20. The van der Waals surface area contributed by atoms with Gasteiger partial charge in [0.25, 0.3) is 0 Å². The molecule has 2 aromatic rings. The second-order valence-electron chi connectivity index (χ2n) is 5.25. The molecule has 0 unspecified atom stereocenters. The fourth-order valence-corrected chi connectivity index (χ4v) is 2.08. The van der Waals surface area contributed by atoms with Gasteiger partial charge in [0.2, 0.25) is 5.91 Å². The summed E-state index contributed by atoms with van der Waals surface area (Å²) < 4.78 is 5.52. The number of likely N-dealkylation sites (N-methyl/N-ethyl adjacent to an activating group) is 1. The van der Waals surface area contributed by atoms with Gasteiger partial charge in [0.15, 0.2) is 0 Å². The third kappa shape index (κ3) is 3.74. The number of benzene rings is 1. The van der Waals surface area contributed by atoms with Gasteiger partial charge in [0.05, 0.1) is 23.8 Å². The van der Waals surface area contributed by atoms with E-state index in [1.165, 1.54) is 0 Å². The number of anilines is 1. The lowest BCUT2D eigenvalue weighted by atomic mass is 10.2. The molecule has 0 fully saturated rings. The fourth-order valence-electron chi connectivity index (χ4n) is 2.08. The molecule has 22 heavy (non-hydrogen) atoms. The number of furan rings is 1. The standard InChI is InChI=1S/C17H19N3O2/c1-12-8-9-15(22-12)11-20(3)13(2)17(21)19-16-7-5-4-6-14(16)10-18/h4-9,13H,11H2,1-3H3,(H,19,21)/t13-/m0/s1. The van der Waals surface area contributed by atoms with Crippen LogP contribution in [0.4, 0.5) is 5.69 Å². The lowest BCUT2D eigenvalue weighted by Gasteiger charge is -2.23. The zero-order chi connectivity index (χ0) is 16.1. The van der Waals surface area contributed by atoms with Gasteiger partial charge in [-0.15, -0.1) is 0 Å². The maximum Gasteiger partial charge on any atom is 0.241 e. The van der Waals surface area contributed by atoms with Crippen LogP contribution in [-0.4, -0.2) is 23.9 Å². The number of nitrogens with zero attached hydrogens (tertiary/aromatic N) is 2. The highest BCUT2D eigenvalue weighted by molar-refractivity contribution is 5.95. The molecule has 1 heterocycles. The van der Waals surface area contributed by atoms with E-state index in [0.29, 0.717) is 17.8 Å². The molecule has 0 aliphatic carbocycles. The minimum Gasteiger partial charge on any atom is -0.465 e. The number of amides is 1. The SMILES string of the molecule is Cc1ccc(CN(C)[C@@H](C)C(=O)Nc2ccccc2C#N)o1. The normalized spacial score (nSPS) is 12.0. The van der Waals surface area contributed by atoms with Crippen molar-refractivity contribution in [2.45, 2.75) is 26.4 Å². The van der Waals surface area contributed by atoms with Gasteiger partial charge < -0.3 is 9.73 Å². The third-order valence-electron chi connectivity index (χ3n) is 3.55. The van der Waals surface area contributed by atoms with Crippen molar-refractivity contribution >= 4 is 11.6 Å². The van der Waals surface area contributed by atoms with E-state index in [1.807, 2.05) is 37.9 Å². The molecule has 1 N–H and O–H groups in total. The van der Waals surface area contributed by atoms with Crippen molar-refractivity contribution in [1.82, 2.24) is 4.90 Å². The van der Waals surface area contributed by atoms with E-state index >= 15 is 0 Å². The van der Waals surface area contributed by atoms with Crippen LogP contribution in [0.5, 0.6) is 0 Å². The average Bonchev–Trinajstić information content (AvgIpc) is 2.92. The Kier molecular flexibility index (Phi) is 4.97. The van der Waals surface area contributed by atoms with Crippen LogP contribution in [0.3, 0.4) is 0 Å². The number of hydrogen-bond donors (Lipinski definition) is 1. The summed E-state index contributed by atoms with van der Waals surface area (Å²) in [5, 5.41) is 11.9. The van der Waals surface area contributed by atoms with E-state index in [0.717, 1.165) is 11.5 Å². The van der Waals surface area contributed by atoms with Gasteiger partial charge in [-0.25, -0.2) is 0 Å². The van der Waals surface area contributed by atoms with Gasteiger partial charge in [-0.05, 0) is 45.2 Å². The fraction of sp³-hybridized carbons (Fsp3) is 0.294. The van der Waals surface area contributed by atoms with Crippen LogP contribution in [0.1, 0.15) is 24.0 Å². The molecule has 0 saturated carbocycles. The first-order valence-electron chi connectivity index (χ1n) is 7.07. The zero-order valence-corrected chi connectivity index (χ0v) is 13.0. The van der Waals surface area contributed by atoms with Gasteiger partial charge in [0, 0.05) is 0 Å². The summed E-state index contributed by atoms with van der Waals surface area (Å²) in [5.74, 6) is 1.51. The monoisotopic (exact) mass is 297 g/mol. The largest absolute Gasteiger partial charge is 0.465 e. The Balaban J connectivity index is 2.01. The number of aryl methyl sites for hydroxylation is 1. The van der Waals surface area contributed by atoms with Crippen molar-refractivity contribution in [3.63, 3.8) is 0 Å². The summed E-state index contributed by atoms with van der Waals surface area (Å²) in [4.78, 5) is 14.2. The van der Waals surface area contributed by atoms with Gasteiger partial charge >= 0.3 is 0 Å². The molecule has 0 radical (unpaired) electrons. The first-order chi connectivity index (χ1) is 10.5. The number of carbonyl (C=O) groups excluding carboxylic acids is 1. The second kappa shape index (κ2) is 6.92. The predicted molar refractivity (Wildman–Crippen MR) is 84.2 cm³/mol. The predicted octanol–water partition coefficient (Wildman–Crippen LogP) is 2.92. The quantitative estimate of drug-likeness (QED) is 0.921. The van der Waals surface area contributed by atoms with E-state index < -0.39 is 0 Å². The topological polar surface area (TPSA) is 69.3 Å². The third-order valence-corrected chi connectivity index (χ3v) is 3.55. The van der Waals surface area contributed by atoms with Crippen LogP contribution in [-0.2, 0) is 11.3 Å². The van der Waals surface area contributed by atoms with E-state index in [9.17, 15) is 4.79 Å². The molecule has 5 nitrogen and oxygen atoms in total. The minimum absolute atomic E-state index is 0.159. The summed E-state index contributed by atoms with van der Waals surface area (Å²) in [7, 11) is 1.86. The lowest BCUT2D eigenvalue weighted by Crippen LogP contribution is -2.39. The van der Waals surface area contributed by atoms with Crippen LogP contribution >= 0.6 is 0 Å². The summed E-state index contributed by atoms with van der Waals surface area (Å²) >= 11 is 0. The first kappa shape index (κ1) is 15.8. The van der Waals surface area contributed by atoms with Crippen molar-refractivity contribution in [2.75, 3.05) is 12.4 Å². The summed E-state index contributed by atoms with van der Waals surface area (Å²) in [6, 6.07) is 12.5. The number of rotatable bonds is 5. The highest BCUT2D eigenvalue weighted by Crippen LogP contribution is 2.15.